The van der Waals surface area contributed by atoms with Gasteiger partial charge in [-0.05, 0) is 0 Å². The molecule has 0 saturated carbocycles. The Morgan fingerprint density at radius 1 is 1.75 bits per heavy atom. The average molecular weight is 120 g/mol. The molecule has 0 bridgehead atoms. The van der Waals surface area contributed by atoms with E-state index in [1.165, 1.54) is 6.92 Å². The lowest BCUT2D eigenvalue weighted by Gasteiger charge is -1.83. The molecule has 0 N–H and O–H groups in total. The van der Waals surface area contributed by atoms with Crippen LogP contribution in [0.1, 0.15) is 6.92 Å². The molecule has 0 atom stereocenters. The summed E-state index contributed by atoms with van der Waals surface area (Å²) >= 11 is 0. The maximum absolute atomic E-state index is 9.75. The lowest BCUT2D eigenvalue weighted by Crippen LogP contribution is -1.87. The first-order valence-corrected chi connectivity index (χ1v) is 1.93. The zero-order valence-electron chi connectivity index (χ0n) is 4.98. The van der Waals surface area contributed by atoms with Crippen LogP contribution in [0.3, 0.4) is 0 Å². The molecule has 0 rings (SSSR count). The minimum atomic E-state index is -0.329. The lowest BCUT2D eigenvalue weighted by molar-refractivity contribution is -0.135. The Bertz CT molecular complexity index is 70.8. The number of ether oxygens (including phenoxy) is 1. The monoisotopic (exact) mass is 120 g/mol. The van der Waals surface area contributed by atoms with E-state index in [-0.39, 0.29) is 5.97 Å². The number of carbonyl (C=O) groups excluding carboxylic acids is 1. The molecule has 0 spiro atoms. The maximum atomic E-state index is 9.75. The highest BCUT2D eigenvalue weighted by Gasteiger charge is 1.79. The van der Waals surface area contributed by atoms with Gasteiger partial charge in [0.25, 0.3) is 0 Å². The highest BCUT2D eigenvalue weighted by Crippen LogP contribution is 1.70. The first-order chi connectivity index (χ1) is 3.77. The van der Waals surface area contributed by atoms with E-state index in [1.807, 2.05) is 0 Å². The zero-order valence-corrected chi connectivity index (χ0v) is 4.98. The number of hydrogen-bond acceptors (Lipinski definition) is 2. The van der Waals surface area contributed by atoms with Gasteiger partial charge in [-0.2, -0.15) is 0 Å². The number of rotatable bonds is 1. The van der Waals surface area contributed by atoms with E-state index >= 15 is 0 Å². The van der Waals surface area contributed by atoms with E-state index in [4.69, 9.17) is 0 Å². The van der Waals surface area contributed by atoms with Crippen LogP contribution >= 0.6 is 0 Å². The number of esters is 1. The standard InChI is InChI=1S/C4H6O2.CH3F/c1-3-6-4(2)5;1-2/h3H,1H2,2H3;1H3. The van der Waals surface area contributed by atoms with Gasteiger partial charge < -0.3 is 4.74 Å². The highest BCUT2D eigenvalue weighted by atomic mass is 19.1. The first kappa shape index (κ1) is 10.2. The van der Waals surface area contributed by atoms with Gasteiger partial charge in [-0.3, -0.25) is 9.18 Å². The molecular weight excluding hydrogens is 111 g/mol. The van der Waals surface area contributed by atoms with Crippen LogP contribution in [0.2, 0.25) is 0 Å². The lowest BCUT2D eigenvalue weighted by atomic mass is 10.8. The van der Waals surface area contributed by atoms with Crippen molar-refractivity contribution >= 4 is 5.97 Å². The van der Waals surface area contributed by atoms with Crippen molar-refractivity contribution in [3.8, 4) is 0 Å². The van der Waals surface area contributed by atoms with Gasteiger partial charge in [0, 0.05) is 6.92 Å². The molecule has 0 unspecified atom stereocenters. The van der Waals surface area contributed by atoms with Crippen LogP contribution in [0.25, 0.3) is 0 Å². The van der Waals surface area contributed by atoms with Crippen LogP contribution in [0, 0.1) is 0 Å². The molecule has 0 aromatic carbocycles. The average Bonchev–Trinajstić information content (AvgIpc) is 1.72. The summed E-state index contributed by atoms with van der Waals surface area (Å²) in [4.78, 5) is 9.75. The van der Waals surface area contributed by atoms with Crippen LogP contribution in [0.15, 0.2) is 12.8 Å². The minimum Gasteiger partial charge on any atom is -0.435 e. The Kier molecular flexibility index (Phi) is 12.1. The van der Waals surface area contributed by atoms with E-state index in [0.29, 0.717) is 7.18 Å². The maximum Gasteiger partial charge on any atom is 0.307 e. The SMILES string of the molecule is C=COC(C)=O.CF. The summed E-state index contributed by atoms with van der Waals surface area (Å²) in [6, 6.07) is 0. The van der Waals surface area contributed by atoms with Gasteiger partial charge in [0.1, 0.15) is 0 Å². The molecule has 0 aromatic heterocycles. The molecule has 0 aliphatic heterocycles. The highest BCUT2D eigenvalue weighted by molar-refractivity contribution is 5.66. The zero-order chi connectivity index (χ0) is 6.99. The number of carbonyl (C=O) groups is 1. The summed E-state index contributed by atoms with van der Waals surface area (Å²) in [6.07, 6.45) is 1.10. The largest absolute Gasteiger partial charge is 0.435 e. The van der Waals surface area contributed by atoms with Crippen LogP contribution in [-0.2, 0) is 9.53 Å². The van der Waals surface area contributed by atoms with Gasteiger partial charge in [0.05, 0.1) is 13.4 Å². The third kappa shape index (κ3) is 19.2. The molecule has 48 valence electrons. The molecule has 0 heterocycles. The van der Waals surface area contributed by atoms with E-state index in [9.17, 15) is 9.18 Å². The Morgan fingerprint density at radius 2 is 2.12 bits per heavy atom. The second-order valence-corrected chi connectivity index (χ2v) is 0.776. The van der Waals surface area contributed by atoms with Crippen molar-refractivity contribution in [2.24, 2.45) is 0 Å². The molecule has 0 aliphatic carbocycles. The van der Waals surface area contributed by atoms with Gasteiger partial charge in [-0.15, -0.1) is 0 Å². The summed E-state index contributed by atoms with van der Waals surface area (Å²) < 4.78 is 13.7. The van der Waals surface area contributed by atoms with Crippen molar-refractivity contribution in [2.75, 3.05) is 7.18 Å². The number of halogens is 1. The molecule has 0 radical (unpaired) electrons. The second kappa shape index (κ2) is 9.46. The normalized spacial score (nSPS) is 5.88. The summed E-state index contributed by atoms with van der Waals surface area (Å²) in [6.45, 7) is 4.48. The molecule has 2 nitrogen and oxygen atoms in total. The van der Waals surface area contributed by atoms with E-state index in [0.717, 1.165) is 6.26 Å². The van der Waals surface area contributed by atoms with Crippen LogP contribution in [0.5, 0.6) is 0 Å². The molecule has 0 amide bonds. The molecule has 0 aromatic rings. The fourth-order valence-corrected chi connectivity index (χ4v) is 0.117. The van der Waals surface area contributed by atoms with Gasteiger partial charge in [0.15, 0.2) is 0 Å². The fraction of sp³-hybridized carbons (Fsp3) is 0.400. The number of hydrogen-bond donors (Lipinski definition) is 0. The van der Waals surface area contributed by atoms with Gasteiger partial charge >= 0.3 is 5.97 Å². The van der Waals surface area contributed by atoms with Crippen molar-refractivity contribution in [3.05, 3.63) is 12.8 Å². The predicted molar refractivity (Wildman–Crippen MR) is 29.0 cm³/mol. The topological polar surface area (TPSA) is 26.3 Å². The van der Waals surface area contributed by atoms with Crippen molar-refractivity contribution in [1.29, 1.82) is 0 Å². The Morgan fingerprint density at radius 3 is 2.12 bits per heavy atom. The summed E-state index contributed by atoms with van der Waals surface area (Å²) in [5.41, 5.74) is 0. The smallest absolute Gasteiger partial charge is 0.307 e. The second-order valence-electron chi connectivity index (χ2n) is 0.776. The van der Waals surface area contributed by atoms with Crippen LogP contribution < -0.4 is 0 Å². The van der Waals surface area contributed by atoms with Crippen molar-refractivity contribution in [2.45, 2.75) is 6.92 Å². The third-order valence-corrected chi connectivity index (χ3v) is 0.249. The first-order valence-electron chi connectivity index (χ1n) is 1.93. The van der Waals surface area contributed by atoms with E-state index in [1.54, 1.807) is 0 Å². The Balaban J connectivity index is 0. The molecular formula is C5H9FO2. The van der Waals surface area contributed by atoms with Gasteiger partial charge in [-0.25, -0.2) is 0 Å². The fourth-order valence-electron chi connectivity index (χ4n) is 0.117. The molecule has 8 heavy (non-hydrogen) atoms. The summed E-state index contributed by atoms with van der Waals surface area (Å²) in [5.74, 6) is -0.329. The summed E-state index contributed by atoms with van der Waals surface area (Å²) in [5, 5.41) is 0. The van der Waals surface area contributed by atoms with Crippen LogP contribution in [-0.4, -0.2) is 13.1 Å². The Labute approximate surface area is 48.0 Å². The quantitative estimate of drug-likeness (QED) is 0.385. The molecule has 0 fully saturated rings. The minimum absolute atomic E-state index is 0.329. The van der Waals surface area contributed by atoms with E-state index in [2.05, 4.69) is 11.3 Å². The van der Waals surface area contributed by atoms with Crippen LogP contribution in [0.4, 0.5) is 4.39 Å². The predicted octanol–water partition coefficient (Wildman–Crippen LogP) is 1.28. The summed E-state index contributed by atoms with van der Waals surface area (Å²) in [7, 11) is 0.500. The van der Waals surface area contributed by atoms with E-state index < -0.39 is 0 Å². The molecule has 0 aliphatic rings. The number of alkyl halides is 1. The van der Waals surface area contributed by atoms with Gasteiger partial charge in [0.2, 0.25) is 0 Å². The van der Waals surface area contributed by atoms with Gasteiger partial charge in [-0.1, -0.05) is 6.58 Å². The third-order valence-electron chi connectivity index (χ3n) is 0.249. The molecule has 3 heteroatoms. The van der Waals surface area contributed by atoms with Crippen molar-refractivity contribution in [3.63, 3.8) is 0 Å². The molecule has 0 saturated heterocycles. The van der Waals surface area contributed by atoms with Crippen molar-refractivity contribution in [1.82, 2.24) is 0 Å². The Hall–Kier alpha value is -0.860. The van der Waals surface area contributed by atoms with Crippen molar-refractivity contribution < 1.29 is 13.9 Å².